The molecule has 1 aromatic rings. The first-order chi connectivity index (χ1) is 9.74. The van der Waals surface area contributed by atoms with Crippen LogP contribution in [0.4, 0.5) is 0 Å². The molecule has 0 saturated heterocycles. The van der Waals surface area contributed by atoms with E-state index in [0.29, 0.717) is 6.04 Å². The molecule has 1 N–H and O–H groups in total. The molecule has 0 bridgehead atoms. The molecule has 0 radical (unpaired) electrons. The Morgan fingerprint density at radius 3 is 2.20 bits per heavy atom. The Morgan fingerprint density at radius 2 is 1.70 bits per heavy atom. The van der Waals surface area contributed by atoms with Crippen LogP contribution in [0.1, 0.15) is 45.7 Å². The van der Waals surface area contributed by atoms with Crippen LogP contribution in [0.15, 0.2) is 24.3 Å². The second kappa shape index (κ2) is 9.78. The minimum absolute atomic E-state index is 0.394. The van der Waals surface area contributed by atoms with Gasteiger partial charge in [0.1, 0.15) is 5.75 Å². The van der Waals surface area contributed by atoms with Gasteiger partial charge in [-0.25, -0.2) is 0 Å². The molecule has 1 atom stereocenters. The average Bonchev–Trinajstić information content (AvgIpc) is 2.49. The van der Waals surface area contributed by atoms with Crippen molar-refractivity contribution in [3.8, 4) is 5.75 Å². The number of benzene rings is 1. The summed E-state index contributed by atoms with van der Waals surface area (Å²) < 4.78 is 5.51. The number of rotatable bonds is 10. The lowest BCUT2D eigenvalue weighted by Crippen LogP contribution is -2.35. The summed E-state index contributed by atoms with van der Waals surface area (Å²) in [5.41, 5.74) is 1.34. The highest BCUT2D eigenvalue weighted by atomic mass is 16.5. The number of hydrogen-bond donors (Lipinski definition) is 1. The van der Waals surface area contributed by atoms with E-state index in [1.165, 1.54) is 5.56 Å². The third kappa shape index (κ3) is 5.51. The summed E-state index contributed by atoms with van der Waals surface area (Å²) in [6, 6.07) is 8.90. The lowest BCUT2D eigenvalue weighted by Gasteiger charge is -2.26. The van der Waals surface area contributed by atoms with Crippen molar-refractivity contribution in [1.82, 2.24) is 10.2 Å². The molecule has 0 heterocycles. The second-order valence-corrected chi connectivity index (χ2v) is 4.99. The van der Waals surface area contributed by atoms with Crippen LogP contribution in [0.5, 0.6) is 5.75 Å². The molecule has 0 aliphatic heterocycles. The van der Waals surface area contributed by atoms with Crippen LogP contribution in [0, 0.1) is 0 Å². The van der Waals surface area contributed by atoms with Gasteiger partial charge in [-0.15, -0.1) is 0 Å². The molecule has 0 saturated carbocycles. The van der Waals surface area contributed by atoms with Crippen molar-refractivity contribution in [2.45, 2.75) is 40.2 Å². The van der Waals surface area contributed by atoms with E-state index in [4.69, 9.17) is 4.74 Å². The first-order valence-electron chi connectivity index (χ1n) is 7.93. The molecule has 1 rings (SSSR count). The fraction of sp³-hybridized carbons (Fsp3) is 0.647. The van der Waals surface area contributed by atoms with E-state index in [1.807, 2.05) is 6.92 Å². The van der Waals surface area contributed by atoms with Gasteiger partial charge in [0.15, 0.2) is 0 Å². The maximum Gasteiger partial charge on any atom is 0.119 e. The molecule has 20 heavy (non-hydrogen) atoms. The van der Waals surface area contributed by atoms with Gasteiger partial charge >= 0.3 is 0 Å². The number of nitrogens with one attached hydrogen (secondary N) is 1. The second-order valence-electron chi connectivity index (χ2n) is 4.99. The molecule has 0 aliphatic carbocycles. The number of nitrogens with zero attached hydrogens (tertiary/aromatic N) is 1. The predicted molar refractivity (Wildman–Crippen MR) is 86.4 cm³/mol. The van der Waals surface area contributed by atoms with E-state index >= 15 is 0 Å². The molecular formula is C17H30N2O. The van der Waals surface area contributed by atoms with Crippen molar-refractivity contribution in [3.63, 3.8) is 0 Å². The van der Waals surface area contributed by atoms with E-state index in [1.54, 1.807) is 0 Å². The highest BCUT2D eigenvalue weighted by Crippen LogP contribution is 2.19. The molecule has 114 valence electrons. The molecule has 0 aromatic heterocycles. The fourth-order valence-corrected chi connectivity index (χ4v) is 2.31. The molecule has 0 amide bonds. The van der Waals surface area contributed by atoms with Crippen molar-refractivity contribution in [2.24, 2.45) is 0 Å². The Balaban J connectivity index is 2.74. The molecule has 0 aliphatic rings. The Labute approximate surface area is 124 Å². The summed E-state index contributed by atoms with van der Waals surface area (Å²) in [6.07, 6.45) is 1.16. The van der Waals surface area contributed by atoms with Crippen LogP contribution in [0.2, 0.25) is 0 Å². The lowest BCUT2D eigenvalue weighted by molar-refractivity contribution is 0.265. The van der Waals surface area contributed by atoms with Gasteiger partial charge in [0.2, 0.25) is 0 Å². The summed E-state index contributed by atoms with van der Waals surface area (Å²) in [4.78, 5) is 2.46. The van der Waals surface area contributed by atoms with Gasteiger partial charge < -0.3 is 15.0 Å². The summed E-state index contributed by atoms with van der Waals surface area (Å²) in [5, 5.41) is 3.65. The molecule has 3 heteroatoms. The van der Waals surface area contributed by atoms with Gasteiger partial charge in [-0.05, 0) is 50.7 Å². The monoisotopic (exact) mass is 278 g/mol. The van der Waals surface area contributed by atoms with Crippen LogP contribution >= 0.6 is 0 Å². The summed E-state index contributed by atoms with van der Waals surface area (Å²) in [6.45, 7) is 13.7. The zero-order valence-electron chi connectivity index (χ0n) is 13.5. The van der Waals surface area contributed by atoms with Crippen LogP contribution < -0.4 is 10.1 Å². The van der Waals surface area contributed by atoms with Crippen molar-refractivity contribution >= 4 is 0 Å². The molecule has 0 spiro atoms. The zero-order chi connectivity index (χ0) is 14.8. The standard InChI is InChI=1S/C17H30N2O/c1-5-13-18-17(14-19(6-2)7-3)15-9-11-16(12-10-15)20-8-4/h9-12,17-18H,5-8,13-14H2,1-4H3. The van der Waals surface area contributed by atoms with Gasteiger partial charge in [0.05, 0.1) is 6.61 Å². The molecule has 1 aromatic carbocycles. The lowest BCUT2D eigenvalue weighted by atomic mass is 10.1. The molecule has 0 fully saturated rings. The molecule has 3 nitrogen and oxygen atoms in total. The van der Waals surface area contributed by atoms with Crippen molar-refractivity contribution < 1.29 is 4.74 Å². The smallest absolute Gasteiger partial charge is 0.119 e. The topological polar surface area (TPSA) is 24.5 Å². The van der Waals surface area contributed by atoms with Crippen molar-refractivity contribution in [2.75, 3.05) is 32.8 Å². The van der Waals surface area contributed by atoms with Crippen molar-refractivity contribution in [3.05, 3.63) is 29.8 Å². The number of hydrogen-bond acceptors (Lipinski definition) is 3. The maximum atomic E-state index is 5.51. The Morgan fingerprint density at radius 1 is 1.05 bits per heavy atom. The first-order valence-corrected chi connectivity index (χ1v) is 7.93. The van der Waals surface area contributed by atoms with Gasteiger partial charge in [-0.2, -0.15) is 0 Å². The van der Waals surface area contributed by atoms with E-state index in [-0.39, 0.29) is 0 Å². The summed E-state index contributed by atoms with van der Waals surface area (Å²) >= 11 is 0. The quantitative estimate of drug-likeness (QED) is 0.709. The van der Waals surface area contributed by atoms with Crippen LogP contribution in [0.25, 0.3) is 0 Å². The Hall–Kier alpha value is -1.06. The largest absolute Gasteiger partial charge is 0.494 e. The van der Waals surface area contributed by atoms with E-state index in [9.17, 15) is 0 Å². The fourth-order valence-electron chi connectivity index (χ4n) is 2.31. The van der Waals surface area contributed by atoms with Crippen molar-refractivity contribution in [1.29, 1.82) is 0 Å². The van der Waals surface area contributed by atoms with Crippen LogP contribution in [-0.4, -0.2) is 37.7 Å². The van der Waals surface area contributed by atoms with Gasteiger partial charge in [-0.3, -0.25) is 0 Å². The van der Waals surface area contributed by atoms with Gasteiger partial charge in [0.25, 0.3) is 0 Å². The van der Waals surface area contributed by atoms with Gasteiger partial charge in [-0.1, -0.05) is 32.9 Å². The maximum absolute atomic E-state index is 5.51. The predicted octanol–water partition coefficient (Wildman–Crippen LogP) is 3.47. The number of ether oxygens (including phenoxy) is 1. The average molecular weight is 278 g/mol. The van der Waals surface area contributed by atoms with Gasteiger partial charge in [0, 0.05) is 12.6 Å². The SMILES string of the molecule is CCCNC(CN(CC)CC)c1ccc(OCC)cc1. The minimum Gasteiger partial charge on any atom is -0.494 e. The number of likely N-dealkylation sites (N-methyl/N-ethyl adjacent to an activating group) is 1. The minimum atomic E-state index is 0.394. The highest BCUT2D eigenvalue weighted by molar-refractivity contribution is 5.29. The molecular weight excluding hydrogens is 248 g/mol. The Bertz CT molecular complexity index is 347. The summed E-state index contributed by atoms with van der Waals surface area (Å²) in [5.74, 6) is 0.952. The van der Waals surface area contributed by atoms with E-state index < -0.39 is 0 Å². The molecule has 1 unspecified atom stereocenters. The highest BCUT2D eigenvalue weighted by Gasteiger charge is 2.13. The van der Waals surface area contributed by atoms with Crippen LogP contribution in [-0.2, 0) is 0 Å². The van der Waals surface area contributed by atoms with E-state index in [2.05, 4.69) is 55.3 Å². The normalized spacial score (nSPS) is 12.7. The Kier molecular flexibility index (Phi) is 8.31. The first kappa shape index (κ1) is 17.0. The van der Waals surface area contributed by atoms with Crippen LogP contribution in [0.3, 0.4) is 0 Å². The summed E-state index contributed by atoms with van der Waals surface area (Å²) in [7, 11) is 0. The zero-order valence-corrected chi connectivity index (χ0v) is 13.5. The third-order valence-electron chi connectivity index (χ3n) is 3.57. The third-order valence-corrected chi connectivity index (χ3v) is 3.57. The van der Waals surface area contributed by atoms with E-state index in [0.717, 1.165) is 45.0 Å².